The maximum absolute atomic E-state index is 5.61. The summed E-state index contributed by atoms with van der Waals surface area (Å²) in [4.78, 5) is 2.39. The van der Waals surface area contributed by atoms with Crippen LogP contribution in [0.15, 0.2) is 30.3 Å². The zero-order chi connectivity index (χ0) is 19.2. The second-order valence-electron chi connectivity index (χ2n) is 6.38. The fourth-order valence-electron chi connectivity index (χ4n) is 3.47. The third kappa shape index (κ3) is 4.12. The van der Waals surface area contributed by atoms with Gasteiger partial charge in [0.2, 0.25) is 0 Å². The highest BCUT2D eigenvalue weighted by Gasteiger charge is 2.21. The van der Waals surface area contributed by atoms with Crippen LogP contribution >= 0.6 is 0 Å². The van der Waals surface area contributed by atoms with Crippen LogP contribution in [0.2, 0.25) is 0 Å². The molecule has 0 fully saturated rings. The van der Waals surface area contributed by atoms with Crippen molar-refractivity contribution in [3.8, 4) is 35.3 Å². The van der Waals surface area contributed by atoms with Crippen molar-refractivity contribution in [2.45, 2.75) is 19.5 Å². The Bertz CT molecular complexity index is 841. The van der Waals surface area contributed by atoms with Crippen LogP contribution in [0, 0.1) is 12.3 Å². The summed E-state index contributed by atoms with van der Waals surface area (Å²) in [6, 6.07) is 10.1. The number of fused-ring (bicyclic) bond motifs is 1. The molecule has 1 aliphatic heterocycles. The Balaban J connectivity index is 1.80. The van der Waals surface area contributed by atoms with Gasteiger partial charge in [0.15, 0.2) is 23.0 Å². The maximum atomic E-state index is 5.61. The Kier molecular flexibility index (Phi) is 6.10. The first kappa shape index (κ1) is 18.9. The van der Waals surface area contributed by atoms with Gasteiger partial charge in [0.25, 0.3) is 0 Å². The molecule has 3 rings (SSSR count). The predicted molar refractivity (Wildman–Crippen MR) is 105 cm³/mol. The molecule has 0 spiro atoms. The lowest BCUT2D eigenvalue weighted by atomic mass is 9.98. The molecule has 2 aromatic rings. The number of terminal acetylenes is 1. The summed E-state index contributed by atoms with van der Waals surface area (Å²) < 4.78 is 22.1. The van der Waals surface area contributed by atoms with Crippen LogP contribution in [0.1, 0.15) is 16.7 Å². The molecule has 1 heterocycles. The van der Waals surface area contributed by atoms with Gasteiger partial charge in [-0.05, 0) is 35.7 Å². The molecular formula is C22H25NO4. The average Bonchev–Trinajstić information content (AvgIpc) is 2.71. The first-order chi connectivity index (χ1) is 13.2. The summed E-state index contributed by atoms with van der Waals surface area (Å²) in [7, 11) is 4.99. The van der Waals surface area contributed by atoms with Gasteiger partial charge in [-0.3, -0.25) is 4.90 Å². The number of hydrogen-bond donors (Lipinski definition) is 0. The minimum absolute atomic E-state index is 0.221. The first-order valence-electron chi connectivity index (χ1n) is 8.88. The fraction of sp³-hybridized carbons (Fsp3) is 0.364. The van der Waals surface area contributed by atoms with E-state index in [-0.39, 0.29) is 6.61 Å². The van der Waals surface area contributed by atoms with E-state index in [1.165, 1.54) is 11.1 Å². The lowest BCUT2D eigenvalue weighted by Crippen LogP contribution is -2.30. The van der Waals surface area contributed by atoms with Gasteiger partial charge in [-0.15, -0.1) is 6.42 Å². The number of methoxy groups -OCH3 is 3. The Labute approximate surface area is 160 Å². The zero-order valence-corrected chi connectivity index (χ0v) is 16.1. The number of benzene rings is 2. The molecule has 0 unspecified atom stereocenters. The van der Waals surface area contributed by atoms with E-state index in [0.717, 1.165) is 48.9 Å². The Morgan fingerprint density at radius 3 is 2.41 bits per heavy atom. The van der Waals surface area contributed by atoms with E-state index in [9.17, 15) is 0 Å². The van der Waals surface area contributed by atoms with Crippen LogP contribution in [0.3, 0.4) is 0 Å². The zero-order valence-electron chi connectivity index (χ0n) is 16.1. The smallest absolute Gasteiger partial charge is 0.165 e. The molecule has 0 aliphatic carbocycles. The third-order valence-electron chi connectivity index (χ3n) is 4.77. The van der Waals surface area contributed by atoms with E-state index >= 15 is 0 Å². The van der Waals surface area contributed by atoms with Crippen LogP contribution < -0.4 is 18.9 Å². The molecule has 0 amide bonds. The monoisotopic (exact) mass is 367 g/mol. The molecule has 1 aliphatic rings. The van der Waals surface area contributed by atoms with Crippen LogP contribution in [-0.2, 0) is 19.5 Å². The second kappa shape index (κ2) is 8.70. The maximum Gasteiger partial charge on any atom is 0.165 e. The third-order valence-corrected chi connectivity index (χ3v) is 4.77. The van der Waals surface area contributed by atoms with Gasteiger partial charge in [0.05, 0.1) is 21.3 Å². The molecule has 0 saturated heterocycles. The van der Waals surface area contributed by atoms with E-state index in [2.05, 4.69) is 29.0 Å². The van der Waals surface area contributed by atoms with Crippen molar-refractivity contribution in [2.24, 2.45) is 0 Å². The van der Waals surface area contributed by atoms with E-state index in [1.807, 2.05) is 12.1 Å². The molecular weight excluding hydrogens is 342 g/mol. The highest BCUT2D eigenvalue weighted by Crippen LogP contribution is 2.35. The van der Waals surface area contributed by atoms with Gasteiger partial charge >= 0.3 is 0 Å². The van der Waals surface area contributed by atoms with Gasteiger partial charge in [-0.1, -0.05) is 18.1 Å². The summed E-state index contributed by atoms with van der Waals surface area (Å²) in [6.45, 7) is 2.79. The normalized spacial score (nSPS) is 13.4. The lowest BCUT2D eigenvalue weighted by Gasteiger charge is -2.30. The highest BCUT2D eigenvalue weighted by molar-refractivity contribution is 5.49. The van der Waals surface area contributed by atoms with Gasteiger partial charge in [0.1, 0.15) is 6.61 Å². The number of para-hydroxylation sites is 1. The van der Waals surface area contributed by atoms with Crippen molar-refractivity contribution >= 4 is 0 Å². The van der Waals surface area contributed by atoms with Crippen molar-refractivity contribution in [3.63, 3.8) is 0 Å². The molecule has 0 atom stereocenters. The Morgan fingerprint density at radius 2 is 1.74 bits per heavy atom. The number of hydrogen-bond acceptors (Lipinski definition) is 5. The minimum Gasteiger partial charge on any atom is -0.493 e. The molecule has 0 radical (unpaired) electrons. The number of rotatable bonds is 7. The standard InChI is InChI=1S/C22H25NO4/c1-5-11-27-19-8-6-7-17(22(19)26-4)14-23-10-9-16-12-20(24-2)21(25-3)13-18(16)15-23/h1,6-8,12-13H,9-11,14-15H2,2-4H3. The molecule has 0 saturated carbocycles. The number of nitrogens with zero attached hydrogens (tertiary/aromatic N) is 1. The molecule has 5 nitrogen and oxygen atoms in total. The molecule has 5 heteroatoms. The second-order valence-corrected chi connectivity index (χ2v) is 6.38. The van der Waals surface area contributed by atoms with Crippen LogP contribution in [0.4, 0.5) is 0 Å². The summed E-state index contributed by atoms with van der Waals surface area (Å²) in [5.41, 5.74) is 3.65. The Morgan fingerprint density at radius 1 is 1.00 bits per heavy atom. The van der Waals surface area contributed by atoms with Crippen molar-refractivity contribution in [2.75, 3.05) is 34.5 Å². The lowest BCUT2D eigenvalue weighted by molar-refractivity contribution is 0.238. The van der Waals surface area contributed by atoms with Crippen molar-refractivity contribution in [1.82, 2.24) is 4.90 Å². The molecule has 0 aromatic heterocycles. The van der Waals surface area contributed by atoms with E-state index in [1.54, 1.807) is 21.3 Å². The van der Waals surface area contributed by atoms with Crippen molar-refractivity contribution in [3.05, 3.63) is 47.0 Å². The summed E-state index contributed by atoms with van der Waals surface area (Å²) in [5.74, 6) is 5.45. The SMILES string of the molecule is C#CCOc1cccc(CN2CCc3cc(OC)c(OC)cc3C2)c1OC. The minimum atomic E-state index is 0.221. The summed E-state index contributed by atoms with van der Waals surface area (Å²) in [6.07, 6.45) is 6.27. The summed E-state index contributed by atoms with van der Waals surface area (Å²) in [5, 5.41) is 0. The van der Waals surface area contributed by atoms with Crippen molar-refractivity contribution < 1.29 is 18.9 Å². The predicted octanol–water partition coefficient (Wildman–Crippen LogP) is 3.28. The van der Waals surface area contributed by atoms with Crippen LogP contribution in [0.5, 0.6) is 23.0 Å². The van der Waals surface area contributed by atoms with Crippen LogP contribution in [-0.4, -0.2) is 39.4 Å². The fourth-order valence-corrected chi connectivity index (χ4v) is 3.47. The van der Waals surface area contributed by atoms with Crippen LogP contribution in [0.25, 0.3) is 0 Å². The highest BCUT2D eigenvalue weighted by atomic mass is 16.5. The van der Waals surface area contributed by atoms with Gasteiger partial charge in [0, 0.05) is 25.2 Å². The van der Waals surface area contributed by atoms with Crippen molar-refractivity contribution in [1.29, 1.82) is 0 Å². The molecule has 0 N–H and O–H groups in total. The molecule has 2 aromatic carbocycles. The first-order valence-corrected chi connectivity index (χ1v) is 8.88. The van der Waals surface area contributed by atoms with E-state index < -0.39 is 0 Å². The van der Waals surface area contributed by atoms with E-state index in [0.29, 0.717) is 5.75 Å². The van der Waals surface area contributed by atoms with Gasteiger partial charge < -0.3 is 18.9 Å². The Hall–Kier alpha value is -2.84. The summed E-state index contributed by atoms with van der Waals surface area (Å²) >= 11 is 0. The average molecular weight is 367 g/mol. The van der Waals surface area contributed by atoms with Gasteiger partial charge in [-0.25, -0.2) is 0 Å². The molecule has 0 bridgehead atoms. The van der Waals surface area contributed by atoms with Gasteiger partial charge in [-0.2, -0.15) is 0 Å². The number of ether oxygens (including phenoxy) is 4. The van der Waals surface area contributed by atoms with E-state index in [4.69, 9.17) is 25.4 Å². The molecule has 142 valence electrons. The topological polar surface area (TPSA) is 40.2 Å². The quantitative estimate of drug-likeness (QED) is 0.703. The largest absolute Gasteiger partial charge is 0.493 e. The molecule has 27 heavy (non-hydrogen) atoms.